The third kappa shape index (κ3) is 3.63. The molecule has 8 nitrogen and oxygen atoms in total. The minimum atomic E-state index is -0.546. The Morgan fingerprint density at radius 3 is 2.38 bits per heavy atom. The van der Waals surface area contributed by atoms with Crippen molar-refractivity contribution >= 4 is 23.2 Å². The van der Waals surface area contributed by atoms with Crippen molar-refractivity contribution in [1.82, 2.24) is 10.2 Å². The highest BCUT2D eigenvalue weighted by molar-refractivity contribution is 5.99. The van der Waals surface area contributed by atoms with Gasteiger partial charge in [-0.1, -0.05) is 0 Å². The molecule has 0 spiro atoms. The highest BCUT2D eigenvalue weighted by Crippen LogP contribution is 2.29. The molecule has 0 aromatic heterocycles. The SMILES string of the molecule is CNC(=O)c1cc(N2CCC(C(=O)N3CCCC3)CC2)ccc1[N+](=O)[O-]. The number of benzene rings is 1. The highest BCUT2D eigenvalue weighted by atomic mass is 16.6. The Balaban J connectivity index is 1.70. The van der Waals surface area contributed by atoms with Gasteiger partial charge in [0.15, 0.2) is 0 Å². The van der Waals surface area contributed by atoms with E-state index < -0.39 is 10.8 Å². The fourth-order valence-electron chi connectivity index (χ4n) is 3.78. The van der Waals surface area contributed by atoms with E-state index in [0.717, 1.165) is 44.5 Å². The van der Waals surface area contributed by atoms with E-state index in [4.69, 9.17) is 0 Å². The first-order chi connectivity index (χ1) is 12.5. The topological polar surface area (TPSA) is 95.8 Å². The van der Waals surface area contributed by atoms with Gasteiger partial charge in [-0.05, 0) is 37.8 Å². The highest BCUT2D eigenvalue weighted by Gasteiger charge is 2.30. The predicted molar refractivity (Wildman–Crippen MR) is 97.2 cm³/mol. The van der Waals surface area contributed by atoms with Crippen molar-refractivity contribution in [2.45, 2.75) is 25.7 Å². The summed E-state index contributed by atoms with van der Waals surface area (Å²) in [5, 5.41) is 13.6. The number of amides is 2. The zero-order valence-corrected chi connectivity index (χ0v) is 14.9. The Hall–Kier alpha value is -2.64. The third-order valence-electron chi connectivity index (χ3n) is 5.28. The molecule has 0 atom stereocenters. The smallest absolute Gasteiger partial charge is 0.282 e. The molecule has 0 saturated carbocycles. The number of anilines is 1. The number of nitro groups is 1. The molecule has 2 saturated heterocycles. The van der Waals surface area contributed by atoms with E-state index in [9.17, 15) is 19.7 Å². The number of nitro benzene ring substituents is 1. The molecule has 1 N–H and O–H groups in total. The van der Waals surface area contributed by atoms with E-state index in [1.165, 1.54) is 13.1 Å². The first-order valence-electron chi connectivity index (χ1n) is 9.05. The van der Waals surface area contributed by atoms with Crippen molar-refractivity contribution < 1.29 is 14.5 Å². The zero-order valence-electron chi connectivity index (χ0n) is 14.9. The number of nitrogens with zero attached hydrogens (tertiary/aromatic N) is 3. The molecule has 140 valence electrons. The molecule has 1 aromatic rings. The first kappa shape index (κ1) is 18.2. The third-order valence-corrected chi connectivity index (χ3v) is 5.28. The van der Waals surface area contributed by atoms with Crippen LogP contribution in [-0.4, -0.2) is 54.9 Å². The summed E-state index contributed by atoms with van der Waals surface area (Å²) in [6.07, 6.45) is 3.72. The normalized spacial score (nSPS) is 18.0. The summed E-state index contributed by atoms with van der Waals surface area (Å²) in [6.45, 7) is 3.15. The van der Waals surface area contributed by atoms with Crippen molar-refractivity contribution in [2.24, 2.45) is 5.92 Å². The van der Waals surface area contributed by atoms with Gasteiger partial charge in [0.2, 0.25) is 5.91 Å². The molecule has 2 aliphatic heterocycles. The lowest BCUT2D eigenvalue weighted by Crippen LogP contribution is -2.41. The lowest BCUT2D eigenvalue weighted by Gasteiger charge is -2.34. The van der Waals surface area contributed by atoms with Crippen LogP contribution in [0.4, 0.5) is 11.4 Å². The van der Waals surface area contributed by atoms with E-state index in [2.05, 4.69) is 10.2 Å². The van der Waals surface area contributed by atoms with Crippen molar-refractivity contribution in [3.05, 3.63) is 33.9 Å². The molecule has 26 heavy (non-hydrogen) atoms. The molecule has 2 amide bonds. The standard InChI is InChI=1S/C18H24N4O4/c1-19-17(23)15-12-14(4-5-16(15)22(25)26)20-10-6-13(7-11-20)18(24)21-8-2-3-9-21/h4-5,12-13H,2-3,6-11H2,1H3,(H,19,23). The summed E-state index contributed by atoms with van der Waals surface area (Å²) < 4.78 is 0. The summed E-state index contributed by atoms with van der Waals surface area (Å²) in [5.74, 6) is -0.157. The van der Waals surface area contributed by atoms with Gasteiger partial charge >= 0.3 is 0 Å². The second-order valence-corrected chi connectivity index (χ2v) is 6.83. The lowest BCUT2D eigenvalue weighted by atomic mass is 9.94. The number of hydrogen-bond acceptors (Lipinski definition) is 5. The molecule has 2 heterocycles. The Labute approximate surface area is 152 Å². The number of carbonyl (C=O) groups is 2. The molecule has 2 fully saturated rings. The number of rotatable bonds is 4. The Bertz CT molecular complexity index is 707. The largest absolute Gasteiger partial charge is 0.371 e. The summed E-state index contributed by atoms with van der Waals surface area (Å²) in [4.78, 5) is 39.2. The van der Waals surface area contributed by atoms with Crippen LogP contribution in [0.2, 0.25) is 0 Å². The molecule has 2 aliphatic rings. The number of piperidine rings is 1. The van der Waals surface area contributed by atoms with Crippen molar-refractivity contribution in [3.63, 3.8) is 0 Å². The van der Waals surface area contributed by atoms with E-state index >= 15 is 0 Å². The molecule has 1 aromatic carbocycles. The van der Waals surface area contributed by atoms with Gasteiger partial charge in [-0.2, -0.15) is 0 Å². The molecule has 8 heteroatoms. The molecular formula is C18H24N4O4. The molecular weight excluding hydrogens is 336 g/mol. The number of likely N-dealkylation sites (tertiary alicyclic amines) is 1. The summed E-state index contributed by atoms with van der Waals surface area (Å²) in [5.41, 5.74) is 0.638. The van der Waals surface area contributed by atoms with Crippen LogP contribution >= 0.6 is 0 Å². The summed E-state index contributed by atoms with van der Waals surface area (Å²) >= 11 is 0. The molecule has 0 aliphatic carbocycles. The van der Waals surface area contributed by atoms with Gasteiger partial charge in [-0.15, -0.1) is 0 Å². The van der Waals surface area contributed by atoms with Gasteiger partial charge in [0.05, 0.1) is 4.92 Å². The van der Waals surface area contributed by atoms with Crippen LogP contribution in [0.15, 0.2) is 18.2 Å². The monoisotopic (exact) mass is 360 g/mol. The molecule has 0 unspecified atom stereocenters. The van der Waals surface area contributed by atoms with Crippen molar-refractivity contribution in [1.29, 1.82) is 0 Å². The first-order valence-corrected chi connectivity index (χ1v) is 9.05. The van der Waals surface area contributed by atoms with Crippen LogP contribution in [-0.2, 0) is 4.79 Å². The number of hydrogen-bond donors (Lipinski definition) is 1. The molecule has 3 rings (SSSR count). The predicted octanol–water partition coefficient (Wildman–Crippen LogP) is 1.79. The van der Waals surface area contributed by atoms with Crippen LogP contribution in [0.1, 0.15) is 36.0 Å². The van der Waals surface area contributed by atoms with Crippen LogP contribution in [0.5, 0.6) is 0 Å². The maximum absolute atomic E-state index is 12.5. The summed E-state index contributed by atoms with van der Waals surface area (Å²) in [7, 11) is 1.45. The Kier molecular flexibility index (Phi) is 5.39. The Morgan fingerprint density at radius 2 is 1.81 bits per heavy atom. The lowest BCUT2D eigenvalue weighted by molar-refractivity contribution is -0.385. The number of nitrogens with one attached hydrogen (secondary N) is 1. The average Bonchev–Trinajstić information content (AvgIpc) is 3.21. The fourth-order valence-corrected chi connectivity index (χ4v) is 3.78. The van der Waals surface area contributed by atoms with Gasteiger partial charge in [0, 0.05) is 50.9 Å². The second-order valence-electron chi connectivity index (χ2n) is 6.83. The summed E-state index contributed by atoms with van der Waals surface area (Å²) in [6, 6.07) is 4.62. The van der Waals surface area contributed by atoms with E-state index in [0.29, 0.717) is 13.1 Å². The van der Waals surface area contributed by atoms with Crippen LogP contribution < -0.4 is 10.2 Å². The van der Waals surface area contributed by atoms with E-state index in [1.807, 2.05) is 4.90 Å². The van der Waals surface area contributed by atoms with Gasteiger partial charge < -0.3 is 15.1 Å². The molecule has 0 radical (unpaired) electrons. The van der Waals surface area contributed by atoms with E-state index in [1.54, 1.807) is 12.1 Å². The van der Waals surface area contributed by atoms with Crippen molar-refractivity contribution in [2.75, 3.05) is 38.1 Å². The van der Waals surface area contributed by atoms with Gasteiger partial charge in [-0.3, -0.25) is 19.7 Å². The van der Waals surface area contributed by atoms with Gasteiger partial charge in [0.25, 0.3) is 11.6 Å². The zero-order chi connectivity index (χ0) is 18.7. The maximum atomic E-state index is 12.5. The van der Waals surface area contributed by atoms with Crippen molar-refractivity contribution in [3.8, 4) is 0 Å². The average molecular weight is 360 g/mol. The van der Waals surface area contributed by atoms with E-state index in [-0.39, 0.29) is 23.1 Å². The fraction of sp³-hybridized carbons (Fsp3) is 0.556. The minimum absolute atomic E-state index is 0.0563. The quantitative estimate of drug-likeness (QED) is 0.652. The van der Waals surface area contributed by atoms with Gasteiger partial charge in [0.1, 0.15) is 5.56 Å². The van der Waals surface area contributed by atoms with Crippen LogP contribution in [0.25, 0.3) is 0 Å². The second kappa shape index (κ2) is 7.72. The Morgan fingerprint density at radius 1 is 1.15 bits per heavy atom. The van der Waals surface area contributed by atoms with Crippen LogP contribution in [0.3, 0.4) is 0 Å². The minimum Gasteiger partial charge on any atom is -0.371 e. The maximum Gasteiger partial charge on any atom is 0.282 e. The molecule has 0 bridgehead atoms. The number of carbonyl (C=O) groups excluding carboxylic acids is 2. The van der Waals surface area contributed by atoms with Gasteiger partial charge in [-0.25, -0.2) is 0 Å². The van der Waals surface area contributed by atoms with Crippen LogP contribution in [0, 0.1) is 16.0 Å².